The summed E-state index contributed by atoms with van der Waals surface area (Å²) in [5.41, 5.74) is 1.63. The van der Waals surface area contributed by atoms with Crippen molar-refractivity contribution < 1.29 is 22.7 Å². The molecule has 1 amide bonds. The van der Waals surface area contributed by atoms with Gasteiger partial charge in [0.05, 0.1) is 10.5 Å². The van der Waals surface area contributed by atoms with Gasteiger partial charge >= 0.3 is 5.97 Å². The number of hydrogen-bond acceptors (Lipinski definition) is 5. The van der Waals surface area contributed by atoms with Crippen LogP contribution in [0.3, 0.4) is 0 Å². The Hall–Kier alpha value is -2.87. The first-order valence-electron chi connectivity index (χ1n) is 8.95. The Labute approximate surface area is 164 Å². The van der Waals surface area contributed by atoms with Gasteiger partial charge in [0, 0.05) is 11.7 Å². The fraction of sp³-hybridized carbons (Fsp3) is 0.300. The second-order valence-corrected chi connectivity index (χ2v) is 8.51. The summed E-state index contributed by atoms with van der Waals surface area (Å²) < 4.78 is 32.6. The average Bonchev–Trinajstić information content (AvgIpc) is 3.47. The first-order valence-corrected chi connectivity index (χ1v) is 10.4. The molecule has 1 atom stereocenters. The van der Waals surface area contributed by atoms with E-state index in [0.29, 0.717) is 5.69 Å². The van der Waals surface area contributed by atoms with E-state index >= 15 is 0 Å². The molecule has 28 heavy (non-hydrogen) atoms. The smallest absolute Gasteiger partial charge is 0.338 e. The van der Waals surface area contributed by atoms with Gasteiger partial charge in [0.1, 0.15) is 0 Å². The van der Waals surface area contributed by atoms with Crippen LogP contribution in [-0.2, 0) is 19.6 Å². The van der Waals surface area contributed by atoms with E-state index < -0.39 is 22.1 Å². The molecule has 1 aliphatic rings. The largest absolute Gasteiger partial charge is 0.449 e. The van der Waals surface area contributed by atoms with Gasteiger partial charge in [0.15, 0.2) is 6.10 Å². The van der Waals surface area contributed by atoms with Crippen LogP contribution in [0.2, 0.25) is 0 Å². The highest BCUT2D eigenvalue weighted by atomic mass is 32.2. The Kier molecular flexibility index (Phi) is 5.69. The predicted molar refractivity (Wildman–Crippen MR) is 104 cm³/mol. The zero-order chi connectivity index (χ0) is 20.3. The first kappa shape index (κ1) is 19.9. The predicted octanol–water partition coefficient (Wildman–Crippen LogP) is 2.62. The van der Waals surface area contributed by atoms with Gasteiger partial charge < -0.3 is 10.1 Å². The molecule has 1 aliphatic carbocycles. The molecular formula is C20H22N2O5S. The van der Waals surface area contributed by atoms with Gasteiger partial charge in [0.25, 0.3) is 15.9 Å². The van der Waals surface area contributed by atoms with Crippen molar-refractivity contribution in [3.05, 3.63) is 59.7 Å². The maximum Gasteiger partial charge on any atom is 0.338 e. The second kappa shape index (κ2) is 8.02. The van der Waals surface area contributed by atoms with Gasteiger partial charge in [0.2, 0.25) is 0 Å². The van der Waals surface area contributed by atoms with Gasteiger partial charge in [-0.15, -0.1) is 0 Å². The number of nitrogens with one attached hydrogen (secondary N) is 2. The number of rotatable bonds is 7. The minimum Gasteiger partial charge on any atom is -0.449 e. The van der Waals surface area contributed by atoms with E-state index in [9.17, 15) is 18.0 Å². The highest BCUT2D eigenvalue weighted by molar-refractivity contribution is 7.92. The fourth-order valence-corrected chi connectivity index (χ4v) is 3.49. The quantitative estimate of drug-likeness (QED) is 0.693. The Morgan fingerprint density at radius 3 is 2.21 bits per heavy atom. The number of ether oxygens (including phenoxy) is 1. The highest BCUT2D eigenvalue weighted by Crippen LogP contribution is 2.20. The lowest BCUT2D eigenvalue weighted by atomic mass is 10.2. The molecule has 3 rings (SSSR count). The number of carbonyl (C=O) groups is 2. The summed E-state index contributed by atoms with van der Waals surface area (Å²) in [5.74, 6) is -1.02. The third-order valence-corrected chi connectivity index (χ3v) is 5.68. The summed E-state index contributed by atoms with van der Waals surface area (Å²) in [6.07, 6.45) is 0.970. The van der Waals surface area contributed by atoms with Crippen molar-refractivity contribution in [2.24, 2.45) is 0 Å². The number of benzene rings is 2. The molecule has 2 N–H and O–H groups in total. The zero-order valence-corrected chi connectivity index (χ0v) is 16.5. The van der Waals surface area contributed by atoms with Gasteiger partial charge in [-0.25, -0.2) is 13.2 Å². The Morgan fingerprint density at radius 1 is 1.04 bits per heavy atom. The number of anilines is 1. The van der Waals surface area contributed by atoms with Crippen molar-refractivity contribution in [3.8, 4) is 0 Å². The van der Waals surface area contributed by atoms with Crippen molar-refractivity contribution >= 4 is 27.6 Å². The van der Waals surface area contributed by atoms with E-state index in [0.717, 1.165) is 18.4 Å². The molecule has 0 heterocycles. The van der Waals surface area contributed by atoms with Crippen molar-refractivity contribution in [3.63, 3.8) is 0 Å². The molecule has 8 heteroatoms. The van der Waals surface area contributed by atoms with Crippen molar-refractivity contribution in [2.75, 3.05) is 4.72 Å². The minimum atomic E-state index is -3.78. The van der Waals surface area contributed by atoms with E-state index in [1.807, 2.05) is 6.92 Å². The summed E-state index contributed by atoms with van der Waals surface area (Å²) in [5, 5.41) is 2.76. The average molecular weight is 402 g/mol. The summed E-state index contributed by atoms with van der Waals surface area (Å²) >= 11 is 0. The number of aryl methyl sites for hydroxylation is 1. The molecule has 2 aromatic rings. The van der Waals surface area contributed by atoms with Crippen molar-refractivity contribution in [1.29, 1.82) is 0 Å². The molecule has 0 saturated heterocycles. The zero-order valence-electron chi connectivity index (χ0n) is 15.6. The van der Waals surface area contributed by atoms with Crippen LogP contribution in [0, 0.1) is 6.92 Å². The van der Waals surface area contributed by atoms with Gasteiger partial charge in [-0.2, -0.15) is 0 Å². The SMILES string of the molecule is Cc1ccc(NS(=O)(=O)c2ccc(C(=O)OC(C)C(=O)NC3CC3)cc2)cc1. The number of amides is 1. The molecule has 1 unspecified atom stereocenters. The maximum absolute atomic E-state index is 12.5. The molecule has 0 spiro atoms. The molecule has 0 aliphatic heterocycles. The topological polar surface area (TPSA) is 102 Å². The lowest BCUT2D eigenvalue weighted by molar-refractivity contribution is -0.129. The molecule has 0 bridgehead atoms. The van der Waals surface area contributed by atoms with Crippen LogP contribution < -0.4 is 10.0 Å². The third kappa shape index (κ3) is 5.10. The lowest BCUT2D eigenvalue weighted by Crippen LogP contribution is -2.37. The number of sulfonamides is 1. The standard InChI is InChI=1S/C20H22N2O5S/c1-13-3-7-17(8-4-13)22-28(25,26)18-11-5-15(6-12-18)20(24)27-14(2)19(23)21-16-9-10-16/h3-8,11-12,14,16,22H,9-10H2,1-2H3,(H,21,23). The molecule has 2 aromatic carbocycles. The number of hydrogen-bond donors (Lipinski definition) is 2. The summed E-state index contributed by atoms with van der Waals surface area (Å²) in [4.78, 5) is 24.1. The van der Waals surface area contributed by atoms with Crippen LogP contribution in [0.4, 0.5) is 5.69 Å². The van der Waals surface area contributed by atoms with Crippen LogP contribution in [-0.4, -0.2) is 32.4 Å². The van der Waals surface area contributed by atoms with Crippen LogP contribution in [0.1, 0.15) is 35.7 Å². The maximum atomic E-state index is 12.5. The first-order chi connectivity index (χ1) is 13.2. The molecule has 7 nitrogen and oxygen atoms in total. The van der Waals surface area contributed by atoms with Crippen LogP contribution in [0.5, 0.6) is 0 Å². The monoisotopic (exact) mass is 402 g/mol. The van der Waals surface area contributed by atoms with E-state index in [4.69, 9.17) is 4.74 Å². The second-order valence-electron chi connectivity index (χ2n) is 6.83. The van der Waals surface area contributed by atoms with Crippen LogP contribution >= 0.6 is 0 Å². The third-order valence-electron chi connectivity index (χ3n) is 4.28. The Bertz CT molecular complexity index is 965. The molecule has 1 fully saturated rings. The van der Waals surface area contributed by atoms with Gasteiger partial charge in [-0.05, 0) is 63.1 Å². The molecule has 0 radical (unpaired) electrons. The van der Waals surface area contributed by atoms with E-state index in [2.05, 4.69) is 10.0 Å². The van der Waals surface area contributed by atoms with E-state index in [1.165, 1.54) is 31.2 Å². The van der Waals surface area contributed by atoms with Crippen molar-refractivity contribution in [1.82, 2.24) is 5.32 Å². The molecule has 0 aromatic heterocycles. The van der Waals surface area contributed by atoms with Gasteiger partial charge in [-0.1, -0.05) is 17.7 Å². The highest BCUT2D eigenvalue weighted by Gasteiger charge is 2.27. The molecule has 1 saturated carbocycles. The van der Waals surface area contributed by atoms with E-state index in [1.54, 1.807) is 24.3 Å². The van der Waals surface area contributed by atoms with Crippen LogP contribution in [0.25, 0.3) is 0 Å². The molecule has 148 valence electrons. The lowest BCUT2D eigenvalue weighted by Gasteiger charge is -2.13. The number of esters is 1. The van der Waals surface area contributed by atoms with Crippen molar-refractivity contribution in [2.45, 2.75) is 43.7 Å². The summed E-state index contributed by atoms with van der Waals surface area (Å²) in [7, 11) is -3.78. The number of carbonyl (C=O) groups excluding carboxylic acids is 2. The van der Waals surface area contributed by atoms with Gasteiger partial charge in [-0.3, -0.25) is 9.52 Å². The minimum absolute atomic E-state index is 0.0177. The fourth-order valence-electron chi connectivity index (χ4n) is 2.43. The summed E-state index contributed by atoms with van der Waals surface area (Å²) in [6.45, 7) is 3.41. The Morgan fingerprint density at radius 2 is 1.64 bits per heavy atom. The Balaban J connectivity index is 1.63. The van der Waals surface area contributed by atoms with Crippen LogP contribution in [0.15, 0.2) is 53.4 Å². The molecular weight excluding hydrogens is 380 g/mol. The normalized spacial score (nSPS) is 14.8. The summed E-state index contributed by atoms with van der Waals surface area (Å²) in [6, 6.07) is 12.5. The van der Waals surface area contributed by atoms with E-state index in [-0.39, 0.29) is 22.4 Å².